The van der Waals surface area contributed by atoms with Gasteiger partial charge in [-0.1, -0.05) is 45.1 Å². The first-order valence-corrected chi connectivity index (χ1v) is 14.0. The van der Waals surface area contributed by atoms with Crippen molar-refractivity contribution >= 4 is 12.1 Å². The molecule has 0 heterocycles. The Kier molecular flexibility index (Phi) is 10.6. The fourth-order valence-electron chi connectivity index (χ4n) is 6.53. The smallest absolute Gasteiger partial charge is 0.412 e. The number of carbonyl (C=O) groups is 2. The van der Waals surface area contributed by atoms with Gasteiger partial charge in [0.1, 0.15) is 5.75 Å². The monoisotopic (exact) mass is 501 g/mol. The Morgan fingerprint density at radius 2 is 1.75 bits per heavy atom. The number of nitrogens with one attached hydrogen (secondary N) is 2. The largest absolute Gasteiger partial charge is 0.481 e. The molecule has 36 heavy (non-hydrogen) atoms. The van der Waals surface area contributed by atoms with Crippen LogP contribution in [0.3, 0.4) is 0 Å². The number of benzene rings is 1. The summed E-state index contributed by atoms with van der Waals surface area (Å²) in [5.41, 5.74) is 6.99. The van der Waals surface area contributed by atoms with Gasteiger partial charge in [0.05, 0.1) is 5.41 Å². The normalized spacial score (nSPS) is 25.0. The number of ether oxygens (including phenoxy) is 1. The Hall–Kier alpha value is -2.12. The molecule has 1 aromatic carbocycles. The van der Waals surface area contributed by atoms with Crippen molar-refractivity contribution in [3.63, 3.8) is 0 Å². The van der Waals surface area contributed by atoms with Gasteiger partial charge in [-0.25, -0.2) is 4.79 Å². The lowest BCUT2D eigenvalue weighted by atomic mass is 9.50. The summed E-state index contributed by atoms with van der Waals surface area (Å²) in [6.45, 7) is 7.35. The number of aryl methyl sites for hydroxylation is 1. The van der Waals surface area contributed by atoms with Crippen molar-refractivity contribution < 1.29 is 19.4 Å². The van der Waals surface area contributed by atoms with E-state index in [4.69, 9.17) is 10.5 Å². The Bertz CT molecular complexity index is 876. The third-order valence-electron chi connectivity index (χ3n) is 8.64. The minimum Gasteiger partial charge on any atom is -0.481 e. The molecule has 0 radical (unpaired) electrons. The molecular weight excluding hydrogens is 454 g/mol. The van der Waals surface area contributed by atoms with Gasteiger partial charge in [0.2, 0.25) is 0 Å². The van der Waals surface area contributed by atoms with E-state index in [1.54, 1.807) is 0 Å². The second-order valence-electron chi connectivity index (χ2n) is 11.2. The molecule has 1 fully saturated rings. The van der Waals surface area contributed by atoms with Gasteiger partial charge >= 0.3 is 12.1 Å². The highest BCUT2D eigenvalue weighted by molar-refractivity contribution is 5.75. The van der Waals surface area contributed by atoms with Crippen LogP contribution in [-0.2, 0) is 16.6 Å². The first kappa shape index (κ1) is 28.5. The van der Waals surface area contributed by atoms with Crippen molar-refractivity contribution in [3.05, 3.63) is 29.3 Å². The Labute approximate surface area is 216 Å². The van der Waals surface area contributed by atoms with E-state index >= 15 is 0 Å². The van der Waals surface area contributed by atoms with Crippen LogP contribution in [-0.4, -0.2) is 43.3 Å². The number of rotatable bonds is 14. The van der Waals surface area contributed by atoms with E-state index < -0.39 is 17.5 Å². The minimum absolute atomic E-state index is 0.0801. The fourth-order valence-corrected chi connectivity index (χ4v) is 6.53. The highest BCUT2D eigenvalue weighted by Crippen LogP contribution is 2.57. The van der Waals surface area contributed by atoms with Crippen molar-refractivity contribution in [2.45, 2.75) is 96.3 Å². The van der Waals surface area contributed by atoms with Crippen LogP contribution in [0.1, 0.15) is 95.6 Å². The van der Waals surface area contributed by atoms with E-state index in [0.717, 1.165) is 70.1 Å². The second kappa shape index (κ2) is 13.4. The van der Waals surface area contributed by atoms with E-state index in [1.165, 1.54) is 37.7 Å². The molecule has 0 aromatic heterocycles. The van der Waals surface area contributed by atoms with Crippen LogP contribution in [0.25, 0.3) is 0 Å². The van der Waals surface area contributed by atoms with Crippen molar-refractivity contribution in [2.24, 2.45) is 17.1 Å². The van der Waals surface area contributed by atoms with Crippen LogP contribution in [0.15, 0.2) is 18.2 Å². The maximum atomic E-state index is 12.4. The Morgan fingerprint density at radius 3 is 2.50 bits per heavy atom. The lowest BCUT2D eigenvalue weighted by Gasteiger charge is -2.53. The molecule has 0 unspecified atom stereocenters. The number of amides is 1. The SMILES string of the molecule is C[C@]1(C(=O)O)CCC[C@]2(C)c3cc(OC(=O)NCCCNCCCCCCCCN)ccc3CC[C@@H]12. The number of fused-ring (bicyclic) bond motifs is 3. The van der Waals surface area contributed by atoms with E-state index in [9.17, 15) is 14.7 Å². The molecule has 202 valence electrons. The summed E-state index contributed by atoms with van der Waals surface area (Å²) in [6.07, 6.45) is 12.1. The molecule has 0 spiro atoms. The van der Waals surface area contributed by atoms with E-state index in [-0.39, 0.29) is 11.3 Å². The minimum atomic E-state index is -0.711. The molecule has 1 amide bonds. The highest BCUT2D eigenvalue weighted by atomic mass is 16.6. The number of aliphatic carboxylic acids is 1. The van der Waals surface area contributed by atoms with Crippen molar-refractivity contribution in [1.29, 1.82) is 0 Å². The second-order valence-corrected chi connectivity index (χ2v) is 11.2. The molecule has 0 saturated heterocycles. The molecule has 1 saturated carbocycles. The van der Waals surface area contributed by atoms with Gasteiger partial charge in [0, 0.05) is 6.54 Å². The zero-order chi connectivity index (χ0) is 26.0. The molecule has 7 heteroatoms. The standard InChI is InChI=1S/C29H47N3O4/c1-28-15-9-16-29(2,26(33)34)25(28)14-12-22-11-13-23(21-24(22)28)36-27(35)32-20-10-19-31-18-8-6-4-3-5-7-17-30/h11,13,21,25,31H,3-10,12,14-20,30H2,1-2H3,(H,32,35)(H,33,34)/t25-,28-,29+/m1/s1. The number of hydrogen-bond donors (Lipinski definition) is 4. The number of nitrogens with two attached hydrogens (primary N) is 1. The maximum absolute atomic E-state index is 12.4. The number of unbranched alkanes of at least 4 members (excludes halogenated alkanes) is 5. The van der Waals surface area contributed by atoms with Crippen LogP contribution in [0.2, 0.25) is 0 Å². The summed E-state index contributed by atoms with van der Waals surface area (Å²) < 4.78 is 5.61. The summed E-state index contributed by atoms with van der Waals surface area (Å²) in [4.78, 5) is 24.5. The quantitative estimate of drug-likeness (QED) is 0.262. The van der Waals surface area contributed by atoms with Gasteiger partial charge in [0.25, 0.3) is 0 Å². The predicted octanol–water partition coefficient (Wildman–Crippen LogP) is 5.15. The lowest BCUT2D eigenvalue weighted by Crippen LogP contribution is -2.52. The molecule has 2 aliphatic carbocycles. The summed E-state index contributed by atoms with van der Waals surface area (Å²) in [6, 6.07) is 5.89. The Morgan fingerprint density at radius 1 is 1.03 bits per heavy atom. The third kappa shape index (κ3) is 7.00. The highest BCUT2D eigenvalue weighted by Gasteiger charge is 2.55. The maximum Gasteiger partial charge on any atom is 0.412 e. The molecular formula is C29H47N3O4. The predicted molar refractivity (Wildman–Crippen MR) is 143 cm³/mol. The first-order chi connectivity index (χ1) is 17.3. The van der Waals surface area contributed by atoms with Gasteiger partial charge in [-0.2, -0.15) is 0 Å². The van der Waals surface area contributed by atoms with Crippen molar-refractivity contribution in [3.8, 4) is 5.75 Å². The summed E-state index contributed by atoms with van der Waals surface area (Å²) in [5.74, 6) is -0.0849. The number of carbonyl (C=O) groups excluding carboxylic acids is 1. The number of carboxylic acid groups (broad SMARTS) is 1. The van der Waals surface area contributed by atoms with Gasteiger partial charge < -0.3 is 26.2 Å². The molecule has 0 bridgehead atoms. The molecule has 5 N–H and O–H groups in total. The van der Waals surface area contributed by atoms with Gasteiger partial charge in [-0.15, -0.1) is 0 Å². The molecule has 3 rings (SSSR count). The van der Waals surface area contributed by atoms with Crippen LogP contribution in [0.4, 0.5) is 4.79 Å². The van der Waals surface area contributed by atoms with Gasteiger partial charge in [0.15, 0.2) is 0 Å². The zero-order valence-corrected chi connectivity index (χ0v) is 22.4. The average molecular weight is 502 g/mol. The van der Waals surface area contributed by atoms with Crippen molar-refractivity contribution in [2.75, 3.05) is 26.2 Å². The van der Waals surface area contributed by atoms with E-state index in [2.05, 4.69) is 17.6 Å². The zero-order valence-electron chi connectivity index (χ0n) is 22.4. The summed E-state index contributed by atoms with van der Waals surface area (Å²) in [7, 11) is 0. The lowest BCUT2D eigenvalue weighted by molar-refractivity contribution is -0.157. The first-order valence-electron chi connectivity index (χ1n) is 14.0. The topological polar surface area (TPSA) is 114 Å². The Balaban J connectivity index is 1.41. The molecule has 7 nitrogen and oxygen atoms in total. The van der Waals surface area contributed by atoms with Crippen LogP contribution in [0.5, 0.6) is 5.75 Å². The van der Waals surface area contributed by atoms with Gasteiger partial charge in [-0.3, -0.25) is 4.79 Å². The van der Waals surface area contributed by atoms with Crippen molar-refractivity contribution in [1.82, 2.24) is 10.6 Å². The molecule has 1 aromatic rings. The average Bonchev–Trinajstić information content (AvgIpc) is 2.85. The van der Waals surface area contributed by atoms with E-state index in [0.29, 0.717) is 12.3 Å². The van der Waals surface area contributed by atoms with Crippen LogP contribution >= 0.6 is 0 Å². The van der Waals surface area contributed by atoms with Crippen LogP contribution in [0, 0.1) is 11.3 Å². The molecule has 0 aliphatic heterocycles. The molecule has 3 atom stereocenters. The van der Waals surface area contributed by atoms with Crippen LogP contribution < -0.4 is 21.1 Å². The molecule has 2 aliphatic rings. The summed E-state index contributed by atoms with van der Waals surface area (Å²) in [5, 5.41) is 16.3. The summed E-state index contributed by atoms with van der Waals surface area (Å²) >= 11 is 0. The van der Waals surface area contributed by atoms with Gasteiger partial charge in [-0.05, 0) is 106 Å². The third-order valence-corrected chi connectivity index (χ3v) is 8.64. The fraction of sp³-hybridized carbons (Fsp3) is 0.724. The number of carboxylic acids is 1. The van der Waals surface area contributed by atoms with E-state index in [1.807, 2.05) is 25.1 Å². The number of hydrogen-bond acceptors (Lipinski definition) is 5.